The monoisotopic (exact) mass is 264 g/mol. The first-order valence-electron chi connectivity index (χ1n) is 5.50. The lowest BCUT2D eigenvalue weighted by Gasteiger charge is -2.07. The number of hydrogen-bond donors (Lipinski definition) is 1. The smallest absolute Gasteiger partial charge is 0.313 e. The highest BCUT2D eigenvalue weighted by Crippen LogP contribution is 2.21. The molecule has 0 radical (unpaired) electrons. The molecule has 0 bridgehead atoms. The van der Waals surface area contributed by atoms with Gasteiger partial charge in [-0.05, 0) is 31.2 Å². The average molecular weight is 264 g/mol. The van der Waals surface area contributed by atoms with Gasteiger partial charge in [-0.25, -0.2) is 18.7 Å². The van der Waals surface area contributed by atoms with E-state index >= 15 is 0 Å². The molecule has 6 heteroatoms. The van der Waals surface area contributed by atoms with Crippen molar-refractivity contribution in [2.45, 2.75) is 12.8 Å². The minimum Gasteiger partial charge on any atom is -0.481 e. The number of nitrogens with zero attached hydrogens (tertiary/aromatic N) is 2. The van der Waals surface area contributed by atoms with E-state index in [0.29, 0.717) is 11.3 Å². The van der Waals surface area contributed by atoms with Gasteiger partial charge in [0.15, 0.2) is 11.6 Å². The Morgan fingerprint density at radius 3 is 2.63 bits per heavy atom. The highest BCUT2D eigenvalue weighted by atomic mass is 19.2. The molecule has 19 heavy (non-hydrogen) atoms. The van der Waals surface area contributed by atoms with E-state index in [2.05, 4.69) is 9.97 Å². The van der Waals surface area contributed by atoms with Crippen LogP contribution in [0.2, 0.25) is 0 Å². The van der Waals surface area contributed by atoms with Crippen LogP contribution in [-0.4, -0.2) is 21.0 Å². The highest BCUT2D eigenvalue weighted by Gasteiger charge is 2.17. The molecule has 0 aliphatic heterocycles. The molecule has 1 aromatic carbocycles. The van der Waals surface area contributed by atoms with E-state index in [1.54, 1.807) is 0 Å². The lowest BCUT2D eigenvalue weighted by molar-refractivity contribution is -0.138. The van der Waals surface area contributed by atoms with Gasteiger partial charge in [0.25, 0.3) is 0 Å². The second-order valence-electron chi connectivity index (χ2n) is 3.99. The van der Waals surface area contributed by atoms with Crippen molar-refractivity contribution in [2.75, 3.05) is 0 Å². The molecule has 0 aliphatic carbocycles. The van der Waals surface area contributed by atoms with E-state index in [1.807, 2.05) is 0 Å². The fraction of sp³-hybridized carbons (Fsp3) is 0.154. The van der Waals surface area contributed by atoms with E-state index in [-0.39, 0.29) is 5.82 Å². The number of hydrogen-bond acceptors (Lipinski definition) is 3. The van der Waals surface area contributed by atoms with Gasteiger partial charge in [-0.15, -0.1) is 0 Å². The normalized spacial score (nSPS) is 12.2. The fourth-order valence-corrected chi connectivity index (χ4v) is 1.51. The molecule has 2 aromatic rings. The Bertz CT molecular complexity index is 632. The Morgan fingerprint density at radius 2 is 2.00 bits per heavy atom. The molecule has 2 rings (SSSR count). The second kappa shape index (κ2) is 5.09. The lowest BCUT2D eigenvalue weighted by Crippen LogP contribution is -2.11. The van der Waals surface area contributed by atoms with Crippen LogP contribution in [-0.2, 0) is 4.79 Å². The predicted molar refractivity (Wildman–Crippen MR) is 63.4 cm³/mol. The SMILES string of the molecule is CC(C(=O)O)c1nccc(-c2ccc(F)c(F)c2)n1. The Morgan fingerprint density at radius 1 is 1.26 bits per heavy atom. The predicted octanol–water partition coefficient (Wildman–Crippen LogP) is 2.61. The van der Waals surface area contributed by atoms with Crippen LogP contribution in [0.4, 0.5) is 8.78 Å². The summed E-state index contributed by atoms with van der Waals surface area (Å²) in [7, 11) is 0. The van der Waals surface area contributed by atoms with E-state index in [1.165, 1.54) is 25.3 Å². The maximum absolute atomic E-state index is 13.1. The fourth-order valence-electron chi connectivity index (χ4n) is 1.51. The van der Waals surface area contributed by atoms with Crippen molar-refractivity contribution >= 4 is 5.97 Å². The molecular weight excluding hydrogens is 254 g/mol. The lowest BCUT2D eigenvalue weighted by atomic mass is 10.1. The maximum atomic E-state index is 13.1. The summed E-state index contributed by atoms with van der Waals surface area (Å²) < 4.78 is 26.0. The first kappa shape index (κ1) is 13.1. The molecule has 1 heterocycles. The number of halogens is 2. The summed E-state index contributed by atoms with van der Waals surface area (Å²) in [6.45, 7) is 1.45. The van der Waals surface area contributed by atoms with Gasteiger partial charge in [0.2, 0.25) is 0 Å². The molecule has 1 N–H and O–H groups in total. The average Bonchev–Trinajstić information content (AvgIpc) is 2.41. The van der Waals surface area contributed by atoms with Crippen LogP contribution in [0.15, 0.2) is 30.5 Å². The molecule has 1 atom stereocenters. The molecular formula is C13H10F2N2O2. The first-order valence-corrected chi connectivity index (χ1v) is 5.50. The van der Waals surface area contributed by atoms with Gasteiger partial charge in [0.1, 0.15) is 11.7 Å². The molecule has 0 fully saturated rings. The van der Waals surface area contributed by atoms with Crippen LogP contribution < -0.4 is 0 Å². The van der Waals surface area contributed by atoms with Crippen LogP contribution >= 0.6 is 0 Å². The number of carbonyl (C=O) groups is 1. The highest BCUT2D eigenvalue weighted by molar-refractivity contribution is 5.74. The van der Waals surface area contributed by atoms with Crippen molar-refractivity contribution in [1.82, 2.24) is 9.97 Å². The minimum atomic E-state index is -1.05. The molecule has 0 amide bonds. The van der Waals surface area contributed by atoms with Gasteiger partial charge in [-0.2, -0.15) is 0 Å². The summed E-state index contributed by atoms with van der Waals surface area (Å²) in [5, 5.41) is 8.89. The zero-order chi connectivity index (χ0) is 14.0. The molecule has 0 saturated heterocycles. The largest absolute Gasteiger partial charge is 0.481 e. The van der Waals surface area contributed by atoms with E-state index in [4.69, 9.17) is 5.11 Å². The van der Waals surface area contributed by atoms with E-state index in [0.717, 1.165) is 12.1 Å². The van der Waals surface area contributed by atoms with Gasteiger partial charge < -0.3 is 5.11 Å². The van der Waals surface area contributed by atoms with Crippen LogP contribution in [0, 0.1) is 11.6 Å². The van der Waals surface area contributed by atoms with Gasteiger partial charge in [0, 0.05) is 11.8 Å². The topological polar surface area (TPSA) is 63.1 Å². The molecule has 0 saturated carbocycles. The Labute approximate surface area is 107 Å². The molecule has 98 valence electrons. The quantitative estimate of drug-likeness (QED) is 0.925. The van der Waals surface area contributed by atoms with Crippen molar-refractivity contribution in [3.8, 4) is 11.3 Å². The summed E-state index contributed by atoms with van der Waals surface area (Å²) in [6, 6.07) is 4.88. The van der Waals surface area contributed by atoms with Crippen molar-refractivity contribution < 1.29 is 18.7 Å². The summed E-state index contributed by atoms with van der Waals surface area (Å²) in [4.78, 5) is 18.8. The third-order valence-electron chi connectivity index (χ3n) is 2.65. The maximum Gasteiger partial charge on any atom is 0.313 e. The van der Waals surface area contributed by atoms with Crippen LogP contribution in [0.1, 0.15) is 18.7 Å². The summed E-state index contributed by atoms with van der Waals surface area (Å²) in [5.74, 6) is -3.73. The molecule has 4 nitrogen and oxygen atoms in total. The zero-order valence-corrected chi connectivity index (χ0v) is 9.97. The second-order valence-corrected chi connectivity index (χ2v) is 3.99. The Balaban J connectivity index is 2.43. The van der Waals surface area contributed by atoms with E-state index in [9.17, 15) is 13.6 Å². The Hall–Kier alpha value is -2.37. The van der Waals surface area contributed by atoms with Gasteiger partial charge in [-0.3, -0.25) is 4.79 Å². The molecule has 1 aromatic heterocycles. The van der Waals surface area contributed by atoms with Crippen molar-refractivity contribution in [1.29, 1.82) is 0 Å². The van der Waals surface area contributed by atoms with Gasteiger partial charge in [-0.1, -0.05) is 0 Å². The minimum absolute atomic E-state index is 0.120. The number of rotatable bonds is 3. The van der Waals surface area contributed by atoms with Gasteiger partial charge in [0.05, 0.1) is 5.69 Å². The van der Waals surface area contributed by atoms with E-state index < -0.39 is 23.5 Å². The van der Waals surface area contributed by atoms with Crippen molar-refractivity contribution in [3.05, 3.63) is 47.9 Å². The van der Waals surface area contributed by atoms with Crippen LogP contribution in [0.25, 0.3) is 11.3 Å². The van der Waals surface area contributed by atoms with Gasteiger partial charge >= 0.3 is 5.97 Å². The van der Waals surface area contributed by atoms with Crippen LogP contribution in [0.5, 0.6) is 0 Å². The molecule has 0 aliphatic rings. The molecule has 1 unspecified atom stereocenters. The van der Waals surface area contributed by atoms with Crippen molar-refractivity contribution in [3.63, 3.8) is 0 Å². The number of aromatic nitrogens is 2. The van der Waals surface area contributed by atoms with Crippen LogP contribution in [0.3, 0.4) is 0 Å². The number of carboxylic acids is 1. The third-order valence-corrected chi connectivity index (χ3v) is 2.65. The number of aliphatic carboxylic acids is 1. The Kier molecular flexibility index (Phi) is 3.50. The number of carboxylic acid groups (broad SMARTS) is 1. The third kappa shape index (κ3) is 2.73. The zero-order valence-electron chi connectivity index (χ0n) is 9.97. The first-order chi connectivity index (χ1) is 8.99. The summed E-state index contributed by atoms with van der Waals surface area (Å²) in [5.41, 5.74) is 0.706. The standard InChI is InChI=1S/C13H10F2N2O2/c1-7(13(18)19)12-16-5-4-11(17-12)8-2-3-9(14)10(15)6-8/h2-7H,1H3,(H,18,19). The number of benzene rings is 1. The summed E-state index contributed by atoms with van der Waals surface area (Å²) >= 11 is 0. The van der Waals surface area contributed by atoms with Crippen molar-refractivity contribution in [2.24, 2.45) is 0 Å². The summed E-state index contributed by atoms with van der Waals surface area (Å²) in [6.07, 6.45) is 1.39. The molecule has 0 spiro atoms.